The topological polar surface area (TPSA) is 90.1 Å². The Kier molecular flexibility index (Phi) is 5.95. The van der Waals surface area contributed by atoms with Crippen molar-refractivity contribution in [2.45, 2.75) is 15.1 Å². The van der Waals surface area contributed by atoms with Crippen molar-refractivity contribution in [2.75, 3.05) is 12.0 Å². The molecule has 0 saturated heterocycles. The molecule has 1 rings (SSSR count). The molecule has 0 aliphatic carbocycles. The van der Waals surface area contributed by atoms with Crippen molar-refractivity contribution in [2.24, 2.45) is 5.84 Å². The number of rotatable bonds is 6. The quantitative estimate of drug-likeness (QED) is 0.441. The molecule has 1 aromatic heterocycles. The predicted octanol–water partition coefficient (Wildman–Crippen LogP) is 0.664. The summed E-state index contributed by atoms with van der Waals surface area (Å²) in [5, 5.41) is 7.88. The molecule has 0 atom stereocenters. The molecule has 0 saturated carbocycles. The summed E-state index contributed by atoms with van der Waals surface area (Å²) < 4.78 is 1.77. The van der Waals surface area contributed by atoms with Gasteiger partial charge in [0, 0.05) is 5.75 Å². The number of nitrogens with zero attached hydrogens (tertiary/aromatic N) is 2. The molecule has 1 heterocycles. The van der Waals surface area contributed by atoms with Gasteiger partial charge in [0.15, 0.2) is 8.68 Å². The summed E-state index contributed by atoms with van der Waals surface area (Å²) in [7, 11) is 0. The second kappa shape index (κ2) is 7.01. The Morgan fingerprint density at radius 2 is 2.33 bits per heavy atom. The van der Waals surface area contributed by atoms with Gasteiger partial charge in [-0.2, -0.15) is 0 Å². The van der Waals surface area contributed by atoms with Gasteiger partial charge >= 0.3 is 5.97 Å². The van der Waals surface area contributed by atoms with Gasteiger partial charge in [-0.05, 0) is 6.26 Å². The van der Waals surface area contributed by atoms with E-state index >= 15 is 0 Å². The highest BCUT2D eigenvalue weighted by Gasteiger charge is 2.06. The Labute approximate surface area is 99.3 Å². The number of carbonyl (C=O) groups excluding carboxylic acids is 1. The van der Waals surface area contributed by atoms with Gasteiger partial charge in [-0.15, -0.1) is 10.2 Å². The van der Waals surface area contributed by atoms with E-state index in [0.29, 0.717) is 5.75 Å². The second-order valence-electron chi connectivity index (χ2n) is 2.23. The van der Waals surface area contributed by atoms with Crippen molar-refractivity contribution in [3.63, 3.8) is 0 Å². The third kappa shape index (κ3) is 4.80. The normalized spacial score (nSPS) is 10.3. The van der Waals surface area contributed by atoms with Gasteiger partial charge < -0.3 is 4.84 Å². The van der Waals surface area contributed by atoms with Crippen LogP contribution in [0.2, 0.25) is 0 Å². The van der Waals surface area contributed by atoms with Crippen molar-refractivity contribution < 1.29 is 9.63 Å². The summed E-state index contributed by atoms with van der Waals surface area (Å²) in [5.41, 5.74) is 1.84. The molecule has 0 spiro atoms. The van der Waals surface area contributed by atoms with Crippen molar-refractivity contribution in [1.29, 1.82) is 0 Å². The van der Waals surface area contributed by atoms with E-state index in [1.807, 2.05) is 11.8 Å². The van der Waals surface area contributed by atoms with Crippen LogP contribution in [0.25, 0.3) is 0 Å². The maximum absolute atomic E-state index is 10.9. The average Bonchev–Trinajstić information content (AvgIpc) is 2.66. The lowest BCUT2D eigenvalue weighted by Gasteiger charge is -1.98. The van der Waals surface area contributed by atoms with Crippen molar-refractivity contribution >= 4 is 40.8 Å². The molecular formula is C6H10N4O2S3. The third-order valence-corrected chi connectivity index (χ3v) is 4.30. The van der Waals surface area contributed by atoms with Gasteiger partial charge in [-0.25, -0.2) is 5.84 Å². The molecule has 0 radical (unpaired) electrons. The molecule has 0 aliphatic rings. The number of carbonyl (C=O) groups is 1. The first-order valence-corrected chi connectivity index (χ1v) is 6.94. The van der Waals surface area contributed by atoms with E-state index in [1.165, 1.54) is 23.1 Å². The first kappa shape index (κ1) is 12.7. The van der Waals surface area contributed by atoms with Gasteiger partial charge in [-0.3, -0.25) is 4.79 Å². The lowest BCUT2D eigenvalue weighted by Crippen LogP contribution is -2.26. The molecule has 15 heavy (non-hydrogen) atoms. The predicted molar refractivity (Wildman–Crippen MR) is 60.4 cm³/mol. The largest absolute Gasteiger partial charge is 0.356 e. The van der Waals surface area contributed by atoms with E-state index in [0.717, 1.165) is 8.68 Å². The van der Waals surface area contributed by atoms with Crippen LogP contribution in [0, 0.1) is 0 Å². The third-order valence-electron chi connectivity index (χ3n) is 1.27. The number of hydrogen-bond donors (Lipinski definition) is 2. The van der Waals surface area contributed by atoms with Crippen LogP contribution in [0.1, 0.15) is 6.42 Å². The molecule has 84 valence electrons. The lowest BCUT2D eigenvalue weighted by molar-refractivity contribution is -0.150. The molecule has 0 aromatic carbocycles. The van der Waals surface area contributed by atoms with Crippen LogP contribution >= 0.6 is 34.9 Å². The number of hydrazine groups is 1. The van der Waals surface area contributed by atoms with Gasteiger partial charge in [0.05, 0.1) is 6.42 Å². The fourth-order valence-electron chi connectivity index (χ4n) is 0.676. The maximum Gasteiger partial charge on any atom is 0.327 e. The second-order valence-corrected chi connectivity index (χ2v) is 5.60. The van der Waals surface area contributed by atoms with Gasteiger partial charge in [-0.1, -0.05) is 40.4 Å². The fraction of sp³-hybridized carbons (Fsp3) is 0.500. The minimum atomic E-state index is -0.389. The Morgan fingerprint density at radius 1 is 1.60 bits per heavy atom. The average molecular weight is 266 g/mol. The molecule has 1 aromatic rings. The number of nitrogens with one attached hydrogen (secondary N) is 1. The lowest BCUT2D eigenvalue weighted by atomic mass is 10.5. The zero-order valence-corrected chi connectivity index (χ0v) is 10.4. The van der Waals surface area contributed by atoms with E-state index in [2.05, 4.69) is 15.0 Å². The van der Waals surface area contributed by atoms with Crippen LogP contribution in [-0.2, 0) is 9.63 Å². The van der Waals surface area contributed by atoms with Crippen LogP contribution in [-0.4, -0.2) is 28.2 Å². The molecule has 0 aliphatic heterocycles. The van der Waals surface area contributed by atoms with Crippen LogP contribution < -0.4 is 11.4 Å². The van der Waals surface area contributed by atoms with E-state index in [9.17, 15) is 4.79 Å². The SMILES string of the molecule is CSc1nnc(SCCC(=O)ONN)s1. The first-order chi connectivity index (χ1) is 7.26. The Hall–Kier alpha value is -0.350. The summed E-state index contributed by atoms with van der Waals surface area (Å²) in [4.78, 5) is 15.2. The Bertz CT molecular complexity index is 319. The van der Waals surface area contributed by atoms with Crippen LogP contribution in [0.4, 0.5) is 0 Å². The molecule has 0 bridgehead atoms. The fourth-order valence-corrected chi connectivity index (χ4v) is 3.10. The Balaban J connectivity index is 2.22. The first-order valence-electron chi connectivity index (χ1n) is 3.92. The van der Waals surface area contributed by atoms with Crippen LogP contribution in [0.5, 0.6) is 0 Å². The maximum atomic E-state index is 10.9. The number of thioether (sulfide) groups is 2. The van der Waals surface area contributed by atoms with Gasteiger partial charge in [0.1, 0.15) is 0 Å². The highest BCUT2D eigenvalue weighted by atomic mass is 32.2. The number of nitrogens with two attached hydrogens (primary N) is 1. The van der Waals surface area contributed by atoms with E-state index < -0.39 is 0 Å². The summed E-state index contributed by atoms with van der Waals surface area (Å²) >= 11 is 4.53. The van der Waals surface area contributed by atoms with Crippen LogP contribution in [0.15, 0.2) is 8.68 Å². The molecule has 6 nitrogen and oxygen atoms in total. The zero-order valence-electron chi connectivity index (χ0n) is 7.93. The highest BCUT2D eigenvalue weighted by Crippen LogP contribution is 2.27. The molecule has 3 N–H and O–H groups in total. The number of hydrogen-bond acceptors (Lipinski definition) is 9. The Morgan fingerprint density at radius 3 is 2.93 bits per heavy atom. The van der Waals surface area contributed by atoms with Crippen molar-refractivity contribution in [3.8, 4) is 0 Å². The zero-order chi connectivity index (χ0) is 11.1. The number of aromatic nitrogens is 2. The molecule has 0 fully saturated rings. The highest BCUT2D eigenvalue weighted by molar-refractivity contribution is 8.02. The molecule has 9 heteroatoms. The summed E-state index contributed by atoms with van der Waals surface area (Å²) in [6.45, 7) is 0. The van der Waals surface area contributed by atoms with Crippen molar-refractivity contribution in [1.82, 2.24) is 15.8 Å². The minimum absolute atomic E-state index is 0.281. The van der Waals surface area contributed by atoms with Crippen molar-refractivity contribution in [3.05, 3.63) is 0 Å². The monoisotopic (exact) mass is 266 g/mol. The molecule has 0 unspecified atom stereocenters. The van der Waals surface area contributed by atoms with Gasteiger partial charge in [0.2, 0.25) is 0 Å². The minimum Gasteiger partial charge on any atom is -0.356 e. The van der Waals surface area contributed by atoms with E-state index in [4.69, 9.17) is 5.84 Å². The molecular weight excluding hydrogens is 256 g/mol. The smallest absolute Gasteiger partial charge is 0.327 e. The van der Waals surface area contributed by atoms with E-state index in [1.54, 1.807) is 11.8 Å². The summed E-state index contributed by atoms with van der Waals surface area (Å²) in [6.07, 6.45) is 2.22. The van der Waals surface area contributed by atoms with Gasteiger partial charge in [0.25, 0.3) is 0 Å². The van der Waals surface area contributed by atoms with E-state index in [-0.39, 0.29) is 12.4 Å². The van der Waals surface area contributed by atoms with Crippen LogP contribution in [0.3, 0.4) is 0 Å². The summed E-state index contributed by atoms with van der Waals surface area (Å²) in [5.74, 6) is 5.02. The standard InChI is InChI=1S/C6H10N4O2S3/c1-13-5-8-9-6(15-5)14-3-2-4(11)12-10-7/h10H,2-3,7H2,1H3. The molecule has 0 amide bonds. The summed E-state index contributed by atoms with van der Waals surface area (Å²) in [6, 6.07) is 0.